The predicted octanol–water partition coefficient (Wildman–Crippen LogP) is 2.97. The average molecular weight is 604 g/mol. The van der Waals surface area contributed by atoms with Gasteiger partial charge < -0.3 is 20.3 Å². The van der Waals surface area contributed by atoms with Crippen molar-refractivity contribution in [3.63, 3.8) is 0 Å². The maximum absolute atomic E-state index is 14.0. The lowest BCUT2D eigenvalue weighted by Gasteiger charge is -2.32. The lowest BCUT2D eigenvalue weighted by molar-refractivity contribution is -0.126. The minimum absolute atomic E-state index is 0.0855. The molecule has 1 saturated carbocycles. The number of piperidine rings is 1. The molecule has 5 rings (SSSR count). The molecule has 1 saturated heterocycles. The van der Waals surface area contributed by atoms with Crippen LogP contribution >= 0.6 is 11.3 Å². The van der Waals surface area contributed by atoms with Crippen LogP contribution in [0, 0.1) is 5.95 Å². The number of rotatable bonds is 9. The molecule has 0 radical (unpaired) electrons. The summed E-state index contributed by atoms with van der Waals surface area (Å²) in [5.41, 5.74) is 1.90. The van der Waals surface area contributed by atoms with Gasteiger partial charge in [-0.05, 0) is 62.4 Å². The molecule has 1 unspecified atom stereocenters. The number of thiazole rings is 1. The molecule has 0 spiro atoms. The number of likely N-dealkylation sites (tertiary alicyclic amines) is 1. The van der Waals surface area contributed by atoms with Gasteiger partial charge in [0.2, 0.25) is 17.8 Å². The molecule has 2 aliphatic rings. The minimum atomic E-state index is -4.14. The number of aromatic nitrogens is 2. The van der Waals surface area contributed by atoms with Crippen molar-refractivity contribution in [2.24, 2.45) is 0 Å². The van der Waals surface area contributed by atoms with Gasteiger partial charge in [-0.2, -0.15) is 4.39 Å². The number of pyridine rings is 1. The molecule has 3 amide bonds. The zero-order valence-corrected chi connectivity index (χ0v) is 24.0. The van der Waals surface area contributed by atoms with Crippen LogP contribution in [0.15, 0.2) is 36.5 Å². The van der Waals surface area contributed by atoms with Crippen LogP contribution in [0.4, 0.5) is 9.18 Å². The predicted molar refractivity (Wildman–Crippen MR) is 150 cm³/mol. The molecular weight excluding hydrogens is 573 g/mol. The number of ether oxygens (including phenoxy) is 1. The first-order valence-electron chi connectivity index (χ1n) is 13.4. The van der Waals surface area contributed by atoms with E-state index in [2.05, 4.69) is 20.6 Å². The average Bonchev–Trinajstić information content (AvgIpc) is 3.67. The van der Waals surface area contributed by atoms with E-state index < -0.39 is 38.3 Å². The Kier molecular flexibility index (Phi) is 8.50. The third kappa shape index (κ3) is 6.64. The summed E-state index contributed by atoms with van der Waals surface area (Å²) in [6.07, 6.45) is 2.93. The van der Waals surface area contributed by atoms with Crippen molar-refractivity contribution in [1.29, 1.82) is 0 Å². The number of hydrogen-bond donors (Lipinski definition) is 2. The molecule has 0 bridgehead atoms. The van der Waals surface area contributed by atoms with Gasteiger partial charge in [-0.25, -0.2) is 23.2 Å². The summed E-state index contributed by atoms with van der Waals surface area (Å²) in [4.78, 5) is 47.5. The standard InChI is InChI=1S/C27H30FN5O6S2/c1-2-39-27(36)33-11-9-19(10-12-33)41(37,38)24(25(35)30-15-23(34)31-18-5-6-18)26-32-20-7-3-16(13-21(20)40-26)17-4-8-22(28)29-14-17/h3-4,7-8,13-14,18-19,24H,2,5-6,9-12,15H2,1H3,(H,30,35)(H,31,34). The minimum Gasteiger partial charge on any atom is -0.450 e. The summed E-state index contributed by atoms with van der Waals surface area (Å²) in [5, 5.41) is 2.83. The highest BCUT2D eigenvalue weighted by Crippen LogP contribution is 2.37. The van der Waals surface area contributed by atoms with E-state index in [1.54, 1.807) is 31.2 Å². The van der Waals surface area contributed by atoms with Crippen LogP contribution in [0.5, 0.6) is 0 Å². The van der Waals surface area contributed by atoms with Gasteiger partial charge >= 0.3 is 6.09 Å². The number of carbonyl (C=O) groups is 3. The van der Waals surface area contributed by atoms with Crippen LogP contribution in [0.3, 0.4) is 0 Å². The number of amides is 3. The van der Waals surface area contributed by atoms with Crippen LogP contribution in [0.2, 0.25) is 0 Å². The van der Waals surface area contributed by atoms with Crippen LogP contribution in [-0.2, 0) is 24.2 Å². The van der Waals surface area contributed by atoms with Gasteiger partial charge in [0.25, 0.3) is 0 Å². The number of nitrogens with zero attached hydrogens (tertiary/aromatic N) is 3. The number of carbonyl (C=O) groups excluding carboxylic acids is 3. The van der Waals surface area contributed by atoms with Crippen molar-refractivity contribution in [3.05, 3.63) is 47.5 Å². The Morgan fingerprint density at radius 3 is 2.51 bits per heavy atom. The summed E-state index contributed by atoms with van der Waals surface area (Å²) in [7, 11) is -4.14. The number of halogens is 1. The third-order valence-corrected chi connectivity index (χ3v) is 10.8. The van der Waals surface area contributed by atoms with Crippen molar-refractivity contribution >= 4 is 49.3 Å². The first-order valence-corrected chi connectivity index (χ1v) is 15.8. The molecule has 2 fully saturated rings. The highest BCUT2D eigenvalue weighted by atomic mass is 32.2. The maximum Gasteiger partial charge on any atom is 0.409 e. The van der Waals surface area contributed by atoms with Crippen molar-refractivity contribution < 1.29 is 31.9 Å². The van der Waals surface area contributed by atoms with E-state index in [9.17, 15) is 27.2 Å². The number of benzene rings is 1. The Bertz CT molecular complexity index is 1550. The molecular formula is C27H30FN5O6S2. The van der Waals surface area contributed by atoms with E-state index in [0.717, 1.165) is 29.7 Å². The molecule has 14 heteroatoms. The molecule has 3 heterocycles. The van der Waals surface area contributed by atoms with Crippen LogP contribution in [-0.4, -0.2) is 78.7 Å². The van der Waals surface area contributed by atoms with Crippen molar-refractivity contribution in [2.75, 3.05) is 26.2 Å². The molecule has 2 N–H and O–H groups in total. The fraction of sp³-hybridized carbons (Fsp3) is 0.444. The Balaban J connectivity index is 1.42. The molecule has 41 heavy (non-hydrogen) atoms. The van der Waals surface area contributed by atoms with Gasteiger partial charge in [0.1, 0.15) is 5.01 Å². The third-order valence-electron chi connectivity index (χ3n) is 7.05. The molecule has 2 aromatic heterocycles. The summed E-state index contributed by atoms with van der Waals surface area (Å²) in [5.74, 6) is -1.82. The van der Waals surface area contributed by atoms with Crippen LogP contribution < -0.4 is 10.6 Å². The second-order valence-corrected chi connectivity index (χ2v) is 13.4. The molecule has 1 aliphatic carbocycles. The molecule has 3 aromatic rings. The van der Waals surface area contributed by atoms with E-state index >= 15 is 0 Å². The Morgan fingerprint density at radius 2 is 1.85 bits per heavy atom. The number of nitrogens with one attached hydrogen (secondary N) is 2. The maximum atomic E-state index is 14.0. The zero-order chi connectivity index (χ0) is 29.1. The second kappa shape index (κ2) is 12.1. The number of fused-ring (bicyclic) bond motifs is 1. The van der Waals surface area contributed by atoms with Crippen molar-refractivity contribution in [2.45, 2.75) is 49.1 Å². The van der Waals surface area contributed by atoms with Crippen molar-refractivity contribution in [1.82, 2.24) is 25.5 Å². The largest absolute Gasteiger partial charge is 0.450 e. The lowest BCUT2D eigenvalue weighted by atomic mass is 10.1. The highest BCUT2D eigenvalue weighted by Gasteiger charge is 2.44. The van der Waals surface area contributed by atoms with Gasteiger partial charge in [0.15, 0.2) is 15.1 Å². The quantitative estimate of drug-likeness (QED) is 0.355. The Hall–Kier alpha value is -3.65. The fourth-order valence-corrected chi connectivity index (χ4v) is 8.23. The molecule has 218 valence electrons. The van der Waals surface area contributed by atoms with Gasteiger partial charge in [-0.1, -0.05) is 6.07 Å². The van der Waals surface area contributed by atoms with Crippen LogP contribution in [0.25, 0.3) is 21.3 Å². The monoisotopic (exact) mass is 603 g/mol. The molecule has 11 nitrogen and oxygen atoms in total. The zero-order valence-electron chi connectivity index (χ0n) is 22.3. The van der Waals surface area contributed by atoms with E-state index in [0.29, 0.717) is 15.8 Å². The summed E-state index contributed by atoms with van der Waals surface area (Å²) in [6, 6.07) is 8.18. The Morgan fingerprint density at radius 1 is 1.12 bits per heavy atom. The number of sulfone groups is 1. The summed E-state index contributed by atoms with van der Waals surface area (Å²) < 4.78 is 46.9. The van der Waals surface area contributed by atoms with Crippen LogP contribution in [0.1, 0.15) is 42.9 Å². The molecule has 1 aromatic carbocycles. The summed E-state index contributed by atoms with van der Waals surface area (Å²) >= 11 is 1.07. The van der Waals surface area contributed by atoms with E-state index in [-0.39, 0.29) is 56.0 Å². The normalized spacial score (nSPS) is 16.8. The fourth-order valence-electron chi connectivity index (χ4n) is 4.72. The van der Waals surface area contributed by atoms with Gasteiger partial charge in [0, 0.05) is 30.9 Å². The topological polar surface area (TPSA) is 148 Å². The van der Waals surface area contributed by atoms with E-state index in [1.807, 2.05) is 0 Å². The summed E-state index contributed by atoms with van der Waals surface area (Å²) in [6.45, 7) is 1.91. The first-order chi connectivity index (χ1) is 19.7. The van der Waals surface area contributed by atoms with E-state index in [1.165, 1.54) is 17.2 Å². The molecule has 1 aliphatic heterocycles. The first kappa shape index (κ1) is 28.9. The Labute approximate surface area is 240 Å². The van der Waals surface area contributed by atoms with E-state index in [4.69, 9.17) is 4.74 Å². The SMILES string of the molecule is CCOC(=O)N1CCC(S(=O)(=O)C(C(=O)NCC(=O)NC2CC2)c2nc3ccc(-c4ccc(F)nc4)cc3s2)CC1. The van der Waals surface area contributed by atoms with Gasteiger partial charge in [-0.15, -0.1) is 11.3 Å². The van der Waals surface area contributed by atoms with Gasteiger partial charge in [-0.3, -0.25) is 9.59 Å². The highest BCUT2D eigenvalue weighted by molar-refractivity contribution is 7.93. The molecule has 1 atom stereocenters. The smallest absolute Gasteiger partial charge is 0.409 e. The van der Waals surface area contributed by atoms with Crippen molar-refractivity contribution in [3.8, 4) is 11.1 Å². The number of hydrogen-bond acceptors (Lipinski definition) is 9. The second-order valence-electron chi connectivity index (χ2n) is 10.0. The lowest BCUT2D eigenvalue weighted by Crippen LogP contribution is -2.46. The van der Waals surface area contributed by atoms with Gasteiger partial charge in [0.05, 0.1) is 28.6 Å².